The number of aliphatic carboxylic acids is 1. The molecule has 1 unspecified atom stereocenters. The lowest BCUT2D eigenvalue weighted by Gasteiger charge is -2.42. The minimum atomic E-state index is -4.24. The van der Waals surface area contributed by atoms with Gasteiger partial charge < -0.3 is 15.3 Å². The minimum absolute atomic E-state index is 0.0134. The van der Waals surface area contributed by atoms with E-state index in [9.17, 15) is 22.8 Å². The van der Waals surface area contributed by atoms with E-state index in [1.807, 2.05) is 18.7 Å². The van der Waals surface area contributed by atoms with Crippen LogP contribution in [0.5, 0.6) is 0 Å². The average molecular weight is 394 g/mol. The Kier molecular flexibility index (Phi) is 7.32. The SMILES string of the molecule is CCN(CC(=O)O)C1CC(NC(=O)N2CCN(CC(F)(F)F)CC(C)C2)C1. The van der Waals surface area contributed by atoms with Crippen molar-refractivity contribution in [3.8, 4) is 0 Å². The summed E-state index contributed by atoms with van der Waals surface area (Å²) >= 11 is 0. The number of rotatable bonds is 6. The second-order valence-electron chi connectivity index (χ2n) is 7.63. The van der Waals surface area contributed by atoms with Crippen LogP contribution in [0.4, 0.5) is 18.0 Å². The van der Waals surface area contributed by atoms with Gasteiger partial charge in [0.05, 0.1) is 13.1 Å². The van der Waals surface area contributed by atoms with Gasteiger partial charge in [-0.25, -0.2) is 4.79 Å². The lowest BCUT2D eigenvalue weighted by atomic mass is 9.85. The van der Waals surface area contributed by atoms with Crippen molar-refractivity contribution in [1.29, 1.82) is 0 Å². The van der Waals surface area contributed by atoms with Gasteiger partial charge in [0, 0.05) is 38.3 Å². The highest BCUT2D eigenvalue weighted by atomic mass is 19.4. The Labute approximate surface area is 157 Å². The first-order chi connectivity index (χ1) is 12.6. The van der Waals surface area contributed by atoms with Gasteiger partial charge in [-0.3, -0.25) is 14.6 Å². The summed E-state index contributed by atoms with van der Waals surface area (Å²) in [7, 11) is 0. The minimum Gasteiger partial charge on any atom is -0.480 e. The lowest BCUT2D eigenvalue weighted by molar-refractivity contribution is -0.146. The van der Waals surface area contributed by atoms with Gasteiger partial charge in [-0.05, 0) is 25.3 Å². The number of carbonyl (C=O) groups is 2. The first-order valence-corrected chi connectivity index (χ1v) is 9.37. The lowest BCUT2D eigenvalue weighted by Crippen LogP contribution is -2.57. The molecule has 7 nitrogen and oxygen atoms in total. The van der Waals surface area contributed by atoms with Gasteiger partial charge in [0.1, 0.15) is 0 Å². The van der Waals surface area contributed by atoms with E-state index < -0.39 is 18.7 Å². The Hall–Kier alpha value is -1.55. The molecule has 2 amide bonds. The van der Waals surface area contributed by atoms with Crippen LogP contribution in [0.3, 0.4) is 0 Å². The van der Waals surface area contributed by atoms with Crippen LogP contribution in [0.15, 0.2) is 0 Å². The highest BCUT2D eigenvalue weighted by molar-refractivity contribution is 5.74. The van der Waals surface area contributed by atoms with E-state index in [0.717, 1.165) is 0 Å². The molecule has 0 bridgehead atoms. The van der Waals surface area contributed by atoms with Crippen molar-refractivity contribution in [2.24, 2.45) is 5.92 Å². The molecular weight excluding hydrogens is 365 g/mol. The van der Waals surface area contributed by atoms with Crippen LogP contribution in [0.2, 0.25) is 0 Å². The summed E-state index contributed by atoms with van der Waals surface area (Å²) in [5, 5.41) is 11.8. The van der Waals surface area contributed by atoms with Crippen molar-refractivity contribution in [2.45, 2.75) is 44.9 Å². The monoisotopic (exact) mass is 394 g/mol. The highest BCUT2D eigenvalue weighted by Gasteiger charge is 2.37. The Balaban J connectivity index is 1.79. The molecule has 2 aliphatic rings. The number of urea groups is 1. The van der Waals surface area contributed by atoms with Gasteiger partial charge in [0.2, 0.25) is 0 Å². The molecular formula is C17H29F3N4O3. The number of nitrogens with zero attached hydrogens (tertiary/aromatic N) is 3. The maximum atomic E-state index is 12.6. The summed E-state index contributed by atoms with van der Waals surface area (Å²) in [5.74, 6) is -0.910. The summed E-state index contributed by atoms with van der Waals surface area (Å²) in [5.41, 5.74) is 0. The summed E-state index contributed by atoms with van der Waals surface area (Å²) in [4.78, 5) is 28.1. The fraction of sp³-hybridized carbons (Fsp3) is 0.882. The number of alkyl halides is 3. The van der Waals surface area contributed by atoms with Gasteiger partial charge in [0.25, 0.3) is 0 Å². The average Bonchev–Trinajstić information content (AvgIpc) is 2.67. The highest BCUT2D eigenvalue weighted by Crippen LogP contribution is 2.26. The Morgan fingerprint density at radius 1 is 1.22 bits per heavy atom. The topological polar surface area (TPSA) is 76.1 Å². The van der Waals surface area contributed by atoms with Crippen LogP contribution in [-0.2, 0) is 4.79 Å². The van der Waals surface area contributed by atoms with Gasteiger partial charge in [-0.1, -0.05) is 13.8 Å². The molecule has 10 heteroatoms. The zero-order valence-corrected chi connectivity index (χ0v) is 15.8. The third kappa shape index (κ3) is 6.84. The summed E-state index contributed by atoms with van der Waals surface area (Å²) in [6, 6.07) is -0.127. The van der Waals surface area contributed by atoms with Crippen LogP contribution in [0, 0.1) is 5.92 Å². The zero-order valence-electron chi connectivity index (χ0n) is 15.8. The zero-order chi connectivity index (χ0) is 20.2. The Morgan fingerprint density at radius 3 is 2.44 bits per heavy atom. The molecule has 2 rings (SSSR count). The number of carboxylic acid groups (broad SMARTS) is 1. The molecule has 2 fully saturated rings. The first-order valence-electron chi connectivity index (χ1n) is 9.37. The standard InChI is InChI=1S/C17H29F3N4O3/c1-3-23(10-15(25)26)14-6-13(7-14)21-16(27)24-5-4-22(8-12(2)9-24)11-17(18,19)20/h12-14H,3-11H2,1-2H3,(H,21,27)(H,25,26). The quantitative estimate of drug-likeness (QED) is 0.713. The molecule has 1 heterocycles. The molecule has 0 aromatic carbocycles. The van der Waals surface area contributed by atoms with E-state index in [1.54, 1.807) is 4.90 Å². The van der Waals surface area contributed by atoms with Crippen molar-refractivity contribution in [1.82, 2.24) is 20.0 Å². The van der Waals surface area contributed by atoms with E-state index in [0.29, 0.717) is 32.5 Å². The molecule has 0 spiro atoms. The molecule has 156 valence electrons. The third-order valence-corrected chi connectivity index (χ3v) is 5.18. The number of amides is 2. The fourth-order valence-corrected chi connectivity index (χ4v) is 3.84. The van der Waals surface area contributed by atoms with Crippen LogP contribution < -0.4 is 5.32 Å². The fourth-order valence-electron chi connectivity index (χ4n) is 3.84. The largest absolute Gasteiger partial charge is 0.480 e. The second-order valence-corrected chi connectivity index (χ2v) is 7.63. The molecule has 1 saturated heterocycles. The molecule has 27 heavy (non-hydrogen) atoms. The molecule has 0 aromatic rings. The van der Waals surface area contributed by atoms with Crippen molar-refractivity contribution in [3.05, 3.63) is 0 Å². The molecule has 1 aliphatic heterocycles. The number of likely N-dealkylation sites (N-methyl/N-ethyl adjacent to an activating group) is 1. The summed E-state index contributed by atoms with van der Waals surface area (Å²) in [6.07, 6.45) is -2.86. The van der Waals surface area contributed by atoms with E-state index in [-0.39, 0.29) is 43.7 Å². The van der Waals surface area contributed by atoms with Crippen LogP contribution in [0.1, 0.15) is 26.7 Å². The number of nitrogens with one attached hydrogen (secondary N) is 1. The molecule has 0 radical (unpaired) electrons. The first kappa shape index (κ1) is 21.7. The van der Waals surface area contributed by atoms with Crippen molar-refractivity contribution in [2.75, 3.05) is 45.8 Å². The molecule has 1 aliphatic carbocycles. The molecule has 1 saturated carbocycles. The third-order valence-electron chi connectivity index (χ3n) is 5.18. The predicted molar refractivity (Wildman–Crippen MR) is 93.5 cm³/mol. The van der Waals surface area contributed by atoms with Gasteiger partial charge in [-0.2, -0.15) is 13.2 Å². The molecule has 1 atom stereocenters. The number of carbonyl (C=O) groups excluding carboxylic acids is 1. The van der Waals surface area contributed by atoms with Crippen LogP contribution in [-0.4, -0.2) is 95.9 Å². The number of halogens is 3. The number of hydrogen-bond donors (Lipinski definition) is 2. The predicted octanol–water partition coefficient (Wildman–Crippen LogP) is 1.45. The molecule has 0 aromatic heterocycles. The smallest absolute Gasteiger partial charge is 0.401 e. The number of carboxylic acids is 1. The number of hydrogen-bond acceptors (Lipinski definition) is 4. The van der Waals surface area contributed by atoms with E-state index in [4.69, 9.17) is 5.11 Å². The van der Waals surface area contributed by atoms with Crippen molar-refractivity contribution < 1.29 is 27.9 Å². The normalized spacial score (nSPS) is 27.2. The Morgan fingerprint density at radius 2 is 1.89 bits per heavy atom. The maximum Gasteiger partial charge on any atom is 0.401 e. The van der Waals surface area contributed by atoms with Crippen molar-refractivity contribution >= 4 is 12.0 Å². The second kappa shape index (κ2) is 9.09. The molecule has 2 N–H and O–H groups in total. The Bertz CT molecular complexity index is 526. The van der Waals surface area contributed by atoms with Crippen LogP contribution >= 0.6 is 0 Å². The maximum absolute atomic E-state index is 12.6. The van der Waals surface area contributed by atoms with Crippen LogP contribution in [0.25, 0.3) is 0 Å². The summed E-state index contributed by atoms with van der Waals surface area (Å²) < 4.78 is 37.8. The summed E-state index contributed by atoms with van der Waals surface area (Å²) in [6.45, 7) is 4.63. The van der Waals surface area contributed by atoms with Crippen molar-refractivity contribution in [3.63, 3.8) is 0 Å². The van der Waals surface area contributed by atoms with Gasteiger partial charge in [-0.15, -0.1) is 0 Å². The van der Waals surface area contributed by atoms with Gasteiger partial charge in [0.15, 0.2) is 0 Å². The van der Waals surface area contributed by atoms with E-state index >= 15 is 0 Å². The van der Waals surface area contributed by atoms with E-state index in [2.05, 4.69) is 5.32 Å². The van der Waals surface area contributed by atoms with E-state index in [1.165, 1.54) is 4.90 Å². The van der Waals surface area contributed by atoms with Gasteiger partial charge >= 0.3 is 18.2 Å².